The monoisotopic (exact) mass is 454 g/mol. The van der Waals surface area contributed by atoms with E-state index < -0.39 is 12.1 Å². The van der Waals surface area contributed by atoms with Crippen LogP contribution >= 0.6 is 27.5 Å². The van der Waals surface area contributed by atoms with E-state index in [0.29, 0.717) is 34.2 Å². The Morgan fingerprint density at radius 3 is 2.78 bits per heavy atom. The number of halogens is 2. The molecule has 2 aromatic rings. The van der Waals surface area contributed by atoms with Gasteiger partial charge in [-0.25, -0.2) is 14.6 Å². The minimum atomic E-state index is -0.964. The van der Waals surface area contributed by atoms with E-state index in [1.807, 2.05) is 0 Å². The van der Waals surface area contributed by atoms with Crippen molar-refractivity contribution in [2.24, 2.45) is 0 Å². The summed E-state index contributed by atoms with van der Waals surface area (Å²) in [5.41, 5.74) is 1.89. The van der Waals surface area contributed by atoms with Gasteiger partial charge in [0.2, 0.25) is 0 Å². The molecule has 3 N–H and O–H groups in total. The van der Waals surface area contributed by atoms with E-state index in [4.69, 9.17) is 21.4 Å². The summed E-state index contributed by atoms with van der Waals surface area (Å²) in [4.78, 5) is 28.5. The minimum absolute atomic E-state index is 0.263. The highest BCUT2D eigenvalue weighted by Gasteiger charge is 2.25. The van der Waals surface area contributed by atoms with Crippen LogP contribution < -0.4 is 10.6 Å². The maximum Gasteiger partial charge on any atom is 0.407 e. The molecule has 2 heterocycles. The van der Waals surface area contributed by atoms with Crippen molar-refractivity contribution in [3.63, 3.8) is 0 Å². The van der Waals surface area contributed by atoms with Gasteiger partial charge < -0.3 is 25.4 Å². The summed E-state index contributed by atoms with van der Waals surface area (Å²) in [6, 6.07) is 8.10. The van der Waals surface area contributed by atoms with Gasteiger partial charge in [-0.2, -0.15) is 0 Å². The number of anilines is 2. The van der Waals surface area contributed by atoms with E-state index in [1.54, 1.807) is 30.3 Å². The van der Waals surface area contributed by atoms with Gasteiger partial charge in [-0.05, 0) is 45.8 Å². The Morgan fingerprint density at radius 1 is 1.30 bits per heavy atom. The molecule has 1 atom stereocenters. The molecule has 1 aliphatic rings. The third-order valence-corrected chi connectivity index (χ3v) is 4.82. The second-order valence-corrected chi connectivity index (χ2v) is 7.02. The molecule has 1 unspecified atom stereocenters. The third kappa shape index (κ3) is 5.09. The van der Waals surface area contributed by atoms with Crippen LogP contribution in [-0.4, -0.2) is 46.8 Å². The number of carbonyl (C=O) groups excluding carboxylic acids is 1. The first kappa shape index (κ1) is 19.4. The number of urea groups is 1. The maximum absolute atomic E-state index is 12.1. The summed E-state index contributed by atoms with van der Waals surface area (Å²) in [6.07, 6.45) is 0.137. The summed E-state index contributed by atoms with van der Waals surface area (Å²) in [5, 5.41) is 14.9. The van der Waals surface area contributed by atoms with E-state index in [2.05, 4.69) is 31.5 Å². The SMILES string of the molecule is O=C(Nc1ccc(Cl)nc1)Nc1ccc(C2CN(C(=O)O)CCO2)cc1Br. The quantitative estimate of drug-likeness (QED) is 0.602. The first-order chi connectivity index (χ1) is 12.9. The first-order valence-electron chi connectivity index (χ1n) is 8.01. The number of carboxylic acid groups (broad SMARTS) is 1. The van der Waals surface area contributed by atoms with Gasteiger partial charge in [-0.15, -0.1) is 0 Å². The van der Waals surface area contributed by atoms with E-state index in [9.17, 15) is 9.59 Å². The molecular formula is C17H16BrClN4O4. The van der Waals surface area contributed by atoms with Crippen molar-refractivity contribution in [2.75, 3.05) is 30.3 Å². The lowest BCUT2D eigenvalue weighted by Gasteiger charge is -2.31. The topological polar surface area (TPSA) is 104 Å². The molecule has 142 valence electrons. The Labute approximate surface area is 168 Å². The number of aromatic nitrogens is 1. The van der Waals surface area contributed by atoms with Crippen LogP contribution in [0, 0.1) is 0 Å². The van der Waals surface area contributed by atoms with Crippen LogP contribution in [0.2, 0.25) is 5.15 Å². The lowest BCUT2D eigenvalue weighted by Crippen LogP contribution is -2.41. The Kier molecular flexibility index (Phi) is 6.15. The predicted octanol–water partition coefficient (Wildman–Crippen LogP) is 4.19. The summed E-state index contributed by atoms with van der Waals surface area (Å²) in [6.45, 7) is 0.955. The van der Waals surface area contributed by atoms with Crippen LogP contribution in [0.1, 0.15) is 11.7 Å². The Morgan fingerprint density at radius 2 is 2.11 bits per heavy atom. The number of benzene rings is 1. The summed E-state index contributed by atoms with van der Waals surface area (Å²) < 4.78 is 6.32. The molecule has 10 heteroatoms. The van der Waals surface area contributed by atoms with Crippen molar-refractivity contribution in [1.82, 2.24) is 9.88 Å². The van der Waals surface area contributed by atoms with Gasteiger partial charge in [-0.1, -0.05) is 17.7 Å². The minimum Gasteiger partial charge on any atom is -0.465 e. The Bertz CT molecular complexity index is 849. The number of rotatable bonds is 3. The van der Waals surface area contributed by atoms with Gasteiger partial charge in [0.1, 0.15) is 11.3 Å². The zero-order valence-electron chi connectivity index (χ0n) is 14.0. The van der Waals surface area contributed by atoms with Crippen molar-refractivity contribution < 1.29 is 19.4 Å². The largest absolute Gasteiger partial charge is 0.465 e. The lowest BCUT2D eigenvalue weighted by atomic mass is 10.1. The van der Waals surface area contributed by atoms with Crippen molar-refractivity contribution in [3.05, 3.63) is 51.7 Å². The predicted molar refractivity (Wildman–Crippen MR) is 104 cm³/mol. The van der Waals surface area contributed by atoms with Gasteiger partial charge in [0, 0.05) is 11.0 Å². The molecular weight excluding hydrogens is 440 g/mol. The van der Waals surface area contributed by atoms with E-state index >= 15 is 0 Å². The molecule has 0 radical (unpaired) electrons. The Hall–Kier alpha value is -2.36. The van der Waals surface area contributed by atoms with Crippen LogP contribution in [0.5, 0.6) is 0 Å². The van der Waals surface area contributed by atoms with Crippen molar-refractivity contribution >= 4 is 51.0 Å². The number of ether oxygens (including phenoxy) is 1. The van der Waals surface area contributed by atoms with Crippen molar-refractivity contribution in [3.8, 4) is 0 Å². The normalized spacial score (nSPS) is 16.7. The zero-order valence-corrected chi connectivity index (χ0v) is 16.3. The van der Waals surface area contributed by atoms with Gasteiger partial charge in [0.15, 0.2) is 0 Å². The molecule has 3 amide bonds. The van der Waals surface area contributed by atoms with Crippen molar-refractivity contribution in [1.29, 1.82) is 0 Å². The average molecular weight is 456 g/mol. The second-order valence-electron chi connectivity index (χ2n) is 5.78. The average Bonchev–Trinajstić information content (AvgIpc) is 2.65. The number of nitrogens with one attached hydrogen (secondary N) is 2. The number of pyridine rings is 1. The van der Waals surface area contributed by atoms with E-state index in [-0.39, 0.29) is 12.6 Å². The molecule has 1 aromatic heterocycles. The molecule has 1 saturated heterocycles. The van der Waals surface area contributed by atoms with Crippen LogP contribution in [0.4, 0.5) is 21.0 Å². The third-order valence-electron chi connectivity index (χ3n) is 3.94. The maximum atomic E-state index is 12.1. The molecule has 0 bridgehead atoms. The fraction of sp³-hybridized carbons (Fsp3) is 0.235. The highest BCUT2D eigenvalue weighted by molar-refractivity contribution is 9.10. The lowest BCUT2D eigenvalue weighted by molar-refractivity contribution is -0.0232. The van der Waals surface area contributed by atoms with Gasteiger partial charge in [0.05, 0.1) is 30.7 Å². The summed E-state index contributed by atoms with van der Waals surface area (Å²) in [7, 11) is 0. The first-order valence-corrected chi connectivity index (χ1v) is 9.18. The number of amides is 3. The van der Waals surface area contributed by atoms with Gasteiger partial charge >= 0.3 is 12.1 Å². The number of morpholine rings is 1. The van der Waals surface area contributed by atoms with Gasteiger partial charge in [0.25, 0.3) is 0 Å². The zero-order chi connectivity index (χ0) is 19.4. The summed E-state index contributed by atoms with van der Waals surface area (Å²) >= 11 is 9.14. The van der Waals surface area contributed by atoms with Crippen molar-refractivity contribution in [2.45, 2.75) is 6.10 Å². The molecule has 0 saturated carbocycles. The van der Waals surface area contributed by atoms with Gasteiger partial charge in [-0.3, -0.25) is 0 Å². The fourth-order valence-electron chi connectivity index (χ4n) is 2.59. The van der Waals surface area contributed by atoms with Crippen LogP contribution in [-0.2, 0) is 4.74 Å². The highest BCUT2D eigenvalue weighted by Crippen LogP contribution is 2.30. The highest BCUT2D eigenvalue weighted by atomic mass is 79.9. The molecule has 27 heavy (non-hydrogen) atoms. The molecule has 8 nitrogen and oxygen atoms in total. The molecule has 1 aliphatic heterocycles. The molecule has 0 aliphatic carbocycles. The molecule has 1 fully saturated rings. The number of carbonyl (C=O) groups is 2. The Balaban J connectivity index is 1.65. The fourth-order valence-corrected chi connectivity index (χ4v) is 3.20. The van der Waals surface area contributed by atoms with E-state index in [0.717, 1.165) is 5.56 Å². The summed E-state index contributed by atoms with van der Waals surface area (Å²) in [5.74, 6) is 0. The van der Waals surface area contributed by atoms with E-state index in [1.165, 1.54) is 11.1 Å². The second kappa shape index (κ2) is 8.55. The molecule has 1 aromatic carbocycles. The van der Waals surface area contributed by atoms with Crippen LogP contribution in [0.25, 0.3) is 0 Å². The smallest absolute Gasteiger partial charge is 0.407 e. The van der Waals surface area contributed by atoms with Crippen LogP contribution in [0.3, 0.4) is 0 Å². The van der Waals surface area contributed by atoms with Crippen LogP contribution in [0.15, 0.2) is 41.0 Å². The standard InChI is InChI=1S/C17H16BrClN4O4/c18-12-7-10(14-9-23(17(25)26)5-6-27-14)1-3-13(12)22-16(24)21-11-2-4-15(19)20-8-11/h1-4,7-8,14H,5-6,9H2,(H,25,26)(H2,21,22,24). The number of hydrogen-bond donors (Lipinski definition) is 3. The molecule has 3 rings (SSSR count). The number of hydrogen-bond acceptors (Lipinski definition) is 4. The number of nitrogens with zero attached hydrogens (tertiary/aromatic N) is 2. The molecule has 0 spiro atoms.